The SMILES string of the molecule is COc1cnc2c(-c3cc4c5c(cc(C)c4o3)O[C@@H](CO)CO5)cc(C)cc2n1. The molecule has 5 rings (SSSR count). The zero-order chi connectivity index (χ0) is 20.1. The molecule has 7 nitrogen and oxygen atoms in total. The van der Waals surface area contributed by atoms with Crippen LogP contribution in [0, 0.1) is 13.8 Å². The van der Waals surface area contributed by atoms with Crippen molar-refractivity contribution in [1.82, 2.24) is 9.97 Å². The third kappa shape index (κ3) is 2.86. The molecule has 0 radical (unpaired) electrons. The summed E-state index contributed by atoms with van der Waals surface area (Å²) in [4.78, 5) is 9.04. The van der Waals surface area contributed by atoms with Crippen molar-refractivity contribution in [3.8, 4) is 28.7 Å². The highest BCUT2D eigenvalue weighted by atomic mass is 16.6. The van der Waals surface area contributed by atoms with Gasteiger partial charge in [-0.05, 0) is 49.2 Å². The van der Waals surface area contributed by atoms with E-state index in [1.54, 1.807) is 13.3 Å². The third-order valence-electron chi connectivity index (χ3n) is 5.06. The molecule has 1 atom stereocenters. The van der Waals surface area contributed by atoms with Gasteiger partial charge in [0, 0.05) is 5.56 Å². The molecule has 2 aromatic carbocycles. The van der Waals surface area contributed by atoms with Crippen LogP contribution < -0.4 is 14.2 Å². The molecule has 0 bridgehead atoms. The van der Waals surface area contributed by atoms with Crippen LogP contribution in [0.5, 0.6) is 17.4 Å². The van der Waals surface area contributed by atoms with Crippen LogP contribution in [0.3, 0.4) is 0 Å². The highest BCUT2D eigenvalue weighted by Gasteiger charge is 2.26. The Labute approximate surface area is 166 Å². The number of methoxy groups -OCH3 is 1. The smallest absolute Gasteiger partial charge is 0.232 e. The molecule has 7 heteroatoms. The Balaban J connectivity index is 1.72. The summed E-state index contributed by atoms with van der Waals surface area (Å²) in [7, 11) is 1.57. The quantitative estimate of drug-likeness (QED) is 0.567. The first kappa shape index (κ1) is 17.8. The number of rotatable bonds is 3. The van der Waals surface area contributed by atoms with Gasteiger partial charge in [0.1, 0.15) is 18.0 Å². The topological polar surface area (TPSA) is 86.8 Å². The largest absolute Gasteiger partial charge is 0.485 e. The van der Waals surface area contributed by atoms with Crippen LogP contribution in [0.25, 0.3) is 33.3 Å². The van der Waals surface area contributed by atoms with Gasteiger partial charge in [0.15, 0.2) is 17.6 Å². The second kappa shape index (κ2) is 6.63. The number of hydrogen-bond acceptors (Lipinski definition) is 7. The molecule has 4 aromatic rings. The monoisotopic (exact) mass is 392 g/mol. The van der Waals surface area contributed by atoms with E-state index in [9.17, 15) is 5.11 Å². The molecule has 0 spiro atoms. The Morgan fingerprint density at radius 1 is 1.21 bits per heavy atom. The fourth-order valence-electron chi connectivity index (χ4n) is 3.70. The van der Waals surface area contributed by atoms with E-state index < -0.39 is 0 Å². The highest BCUT2D eigenvalue weighted by molar-refractivity contribution is 5.97. The number of benzene rings is 2. The summed E-state index contributed by atoms with van der Waals surface area (Å²) in [6, 6.07) is 7.83. The minimum atomic E-state index is -0.364. The Hall–Kier alpha value is -3.32. The molecular formula is C22H20N2O5. The van der Waals surface area contributed by atoms with Crippen LogP contribution in [0.4, 0.5) is 0 Å². The molecule has 1 aliphatic heterocycles. The van der Waals surface area contributed by atoms with Crippen LogP contribution in [-0.4, -0.2) is 41.5 Å². The number of furan rings is 1. The van der Waals surface area contributed by atoms with Gasteiger partial charge in [-0.2, -0.15) is 0 Å². The Kier molecular flexibility index (Phi) is 4.06. The van der Waals surface area contributed by atoms with Gasteiger partial charge in [-0.25, -0.2) is 9.97 Å². The van der Waals surface area contributed by atoms with Crippen LogP contribution in [-0.2, 0) is 0 Å². The fraction of sp³-hybridized carbons (Fsp3) is 0.273. The number of nitrogens with zero attached hydrogens (tertiary/aromatic N) is 2. The van der Waals surface area contributed by atoms with Gasteiger partial charge >= 0.3 is 0 Å². The van der Waals surface area contributed by atoms with Gasteiger partial charge in [0.05, 0.1) is 36.3 Å². The maximum absolute atomic E-state index is 9.37. The first-order chi connectivity index (χ1) is 14.1. The first-order valence-electron chi connectivity index (χ1n) is 9.36. The van der Waals surface area contributed by atoms with E-state index in [-0.39, 0.29) is 12.7 Å². The second-order valence-corrected chi connectivity index (χ2v) is 7.20. The molecule has 1 aliphatic rings. The van der Waals surface area contributed by atoms with Crippen molar-refractivity contribution in [1.29, 1.82) is 0 Å². The van der Waals surface area contributed by atoms with Gasteiger partial charge in [0.2, 0.25) is 5.88 Å². The van der Waals surface area contributed by atoms with Crippen molar-refractivity contribution in [2.75, 3.05) is 20.3 Å². The summed E-state index contributed by atoms with van der Waals surface area (Å²) in [5, 5.41) is 10.2. The van der Waals surface area contributed by atoms with E-state index in [2.05, 4.69) is 9.97 Å². The van der Waals surface area contributed by atoms with Crippen molar-refractivity contribution in [2.24, 2.45) is 0 Å². The summed E-state index contributed by atoms with van der Waals surface area (Å²) in [6.45, 7) is 4.16. The number of fused-ring (bicyclic) bond motifs is 4. The van der Waals surface area contributed by atoms with Crippen molar-refractivity contribution in [3.63, 3.8) is 0 Å². The molecule has 148 valence electrons. The molecule has 0 unspecified atom stereocenters. The minimum Gasteiger partial charge on any atom is -0.485 e. The van der Waals surface area contributed by atoms with Crippen molar-refractivity contribution < 1.29 is 23.7 Å². The lowest BCUT2D eigenvalue weighted by atomic mass is 10.1. The van der Waals surface area contributed by atoms with E-state index in [1.165, 1.54) is 0 Å². The van der Waals surface area contributed by atoms with E-state index in [0.29, 0.717) is 29.7 Å². The summed E-state index contributed by atoms with van der Waals surface area (Å²) in [6.07, 6.45) is 1.24. The van der Waals surface area contributed by atoms with E-state index in [4.69, 9.17) is 18.6 Å². The van der Waals surface area contributed by atoms with Gasteiger partial charge in [-0.3, -0.25) is 0 Å². The number of hydrogen-bond donors (Lipinski definition) is 1. The molecule has 0 aliphatic carbocycles. The normalized spacial score (nSPS) is 15.8. The number of ether oxygens (including phenoxy) is 3. The Morgan fingerprint density at radius 2 is 2.07 bits per heavy atom. The number of aromatic nitrogens is 2. The minimum absolute atomic E-state index is 0.0927. The van der Waals surface area contributed by atoms with Gasteiger partial charge in [-0.15, -0.1) is 0 Å². The highest BCUT2D eigenvalue weighted by Crippen LogP contribution is 2.44. The molecule has 1 N–H and O–H groups in total. The molecule has 29 heavy (non-hydrogen) atoms. The fourth-order valence-corrected chi connectivity index (χ4v) is 3.70. The number of aryl methyl sites for hydroxylation is 2. The summed E-state index contributed by atoms with van der Waals surface area (Å²) in [5.74, 6) is 2.39. The number of aliphatic hydroxyl groups excluding tert-OH is 1. The predicted octanol–water partition coefficient (Wildman–Crippen LogP) is 3.80. The zero-order valence-corrected chi connectivity index (χ0v) is 16.4. The lowest BCUT2D eigenvalue weighted by molar-refractivity contribution is 0.0467. The molecular weight excluding hydrogens is 372 g/mol. The van der Waals surface area contributed by atoms with Gasteiger partial charge < -0.3 is 23.7 Å². The van der Waals surface area contributed by atoms with Crippen LogP contribution in [0.15, 0.2) is 34.9 Å². The maximum Gasteiger partial charge on any atom is 0.232 e. The molecule has 0 fully saturated rings. The molecule has 0 amide bonds. The zero-order valence-electron chi connectivity index (χ0n) is 16.4. The summed E-state index contributed by atoms with van der Waals surface area (Å²) >= 11 is 0. The average Bonchev–Trinajstić information content (AvgIpc) is 3.18. The van der Waals surface area contributed by atoms with Crippen LogP contribution in [0.2, 0.25) is 0 Å². The summed E-state index contributed by atoms with van der Waals surface area (Å²) in [5.41, 5.74) is 5.03. The Bertz CT molecular complexity index is 1250. The number of aliphatic hydroxyl groups is 1. The van der Waals surface area contributed by atoms with Crippen molar-refractivity contribution in [2.45, 2.75) is 20.0 Å². The maximum atomic E-state index is 9.37. The lowest BCUT2D eigenvalue weighted by Gasteiger charge is -2.25. The molecule has 2 aromatic heterocycles. The predicted molar refractivity (Wildman–Crippen MR) is 108 cm³/mol. The van der Waals surface area contributed by atoms with Crippen molar-refractivity contribution in [3.05, 3.63) is 41.6 Å². The van der Waals surface area contributed by atoms with Crippen LogP contribution in [0.1, 0.15) is 11.1 Å². The second-order valence-electron chi connectivity index (χ2n) is 7.20. The molecule has 3 heterocycles. The Morgan fingerprint density at radius 3 is 2.86 bits per heavy atom. The third-order valence-corrected chi connectivity index (χ3v) is 5.06. The molecule has 0 saturated heterocycles. The average molecular weight is 392 g/mol. The van der Waals surface area contributed by atoms with Crippen LogP contribution >= 0.6 is 0 Å². The molecule has 0 saturated carbocycles. The van der Waals surface area contributed by atoms with E-state index in [1.807, 2.05) is 38.1 Å². The first-order valence-corrected chi connectivity index (χ1v) is 9.36. The van der Waals surface area contributed by atoms with E-state index >= 15 is 0 Å². The van der Waals surface area contributed by atoms with Gasteiger partial charge in [0.25, 0.3) is 0 Å². The van der Waals surface area contributed by atoms with Crippen molar-refractivity contribution >= 4 is 22.0 Å². The lowest BCUT2D eigenvalue weighted by Crippen LogP contribution is -2.32. The van der Waals surface area contributed by atoms with Gasteiger partial charge in [-0.1, -0.05) is 0 Å². The standard InChI is InChI=1S/C22H20N2O5/c1-11-4-14(20-16(5-11)24-19(26-3)8-23-20)17-7-15-21(29-17)12(2)6-18-22(15)27-10-13(9-25)28-18/h4-8,13,25H,9-10H2,1-3H3/t13-/m0/s1. The van der Waals surface area contributed by atoms with E-state index in [0.717, 1.165) is 38.7 Å². The summed E-state index contributed by atoms with van der Waals surface area (Å²) < 4.78 is 23.2.